The van der Waals surface area contributed by atoms with Gasteiger partial charge in [0.1, 0.15) is 5.78 Å². The van der Waals surface area contributed by atoms with Crippen molar-refractivity contribution >= 4 is 11.7 Å². The number of nitrogens with zero attached hydrogens (tertiary/aromatic N) is 2. The molecule has 20 heavy (non-hydrogen) atoms. The van der Waals surface area contributed by atoms with Gasteiger partial charge < -0.3 is 4.90 Å². The van der Waals surface area contributed by atoms with Gasteiger partial charge in [0.2, 0.25) is 5.91 Å². The summed E-state index contributed by atoms with van der Waals surface area (Å²) in [5.41, 5.74) is 0. The quantitative estimate of drug-likeness (QED) is 0.770. The fourth-order valence-corrected chi connectivity index (χ4v) is 4.04. The topological polar surface area (TPSA) is 40.6 Å². The lowest BCUT2D eigenvalue weighted by Gasteiger charge is -2.30. The van der Waals surface area contributed by atoms with Crippen molar-refractivity contribution in [2.24, 2.45) is 5.92 Å². The summed E-state index contributed by atoms with van der Waals surface area (Å²) in [4.78, 5) is 28.8. The van der Waals surface area contributed by atoms with Gasteiger partial charge in [0, 0.05) is 31.0 Å². The Morgan fingerprint density at radius 2 is 2.05 bits per heavy atom. The molecule has 1 heterocycles. The molecule has 0 aromatic carbocycles. The van der Waals surface area contributed by atoms with E-state index in [9.17, 15) is 9.59 Å². The van der Waals surface area contributed by atoms with Gasteiger partial charge in [-0.05, 0) is 52.0 Å². The van der Waals surface area contributed by atoms with E-state index >= 15 is 0 Å². The van der Waals surface area contributed by atoms with Crippen LogP contribution in [0.2, 0.25) is 0 Å². The van der Waals surface area contributed by atoms with Crippen LogP contribution in [0.15, 0.2) is 0 Å². The number of ketones is 1. The van der Waals surface area contributed by atoms with Crippen molar-refractivity contribution < 1.29 is 9.59 Å². The molecule has 0 radical (unpaired) electrons. The van der Waals surface area contributed by atoms with Crippen molar-refractivity contribution in [3.05, 3.63) is 0 Å². The monoisotopic (exact) mass is 278 g/mol. The molecular formula is C16H26N2O2. The predicted octanol–water partition coefficient (Wildman–Crippen LogP) is 1.83. The minimum absolute atomic E-state index is 0.210. The summed E-state index contributed by atoms with van der Waals surface area (Å²) in [7, 11) is 0. The number of carbonyl (C=O) groups is 2. The zero-order valence-electron chi connectivity index (χ0n) is 12.5. The maximum absolute atomic E-state index is 12.5. The second-order valence-corrected chi connectivity index (χ2v) is 6.56. The molecule has 2 unspecified atom stereocenters. The highest BCUT2D eigenvalue weighted by molar-refractivity contribution is 5.84. The summed E-state index contributed by atoms with van der Waals surface area (Å²) in [6, 6.07) is 0.841. The number of likely N-dealkylation sites (N-methyl/N-ethyl adjacent to an activating group) is 1. The Morgan fingerprint density at radius 3 is 2.65 bits per heavy atom. The van der Waals surface area contributed by atoms with Crippen LogP contribution in [-0.2, 0) is 9.59 Å². The van der Waals surface area contributed by atoms with Crippen molar-refractivity contribution in [3.8, 4) is 0 Å². The lowest BCUT2D eigenvalue weighted by atomic mass is 9.95. The van der Waals surface area contributed by atoms with Gasteiger partial charge in [0.05, 0.1) is 6.54 Å². The fourth-order valence-electron chi connectivity index (χ4n) is 4.04. The van der Waals surface area contributed by atoms with Crippen LogP contribution in [0.4, 0.5) is 0 Å². The summed E-state index contributed by atoms with van der Waals surface area (Å²) in [6.45, 7) is 4.41. The molecule has 112 valence electrons. The predicted molar refractivity (Wildman–Crippen MR) is 77.4 cm³/mol. The molecule has 1 aliphatic heterocycles. The first kappa shape index (κ1) is 14.1. The second-order valence-electron chi connectivity index (χ2n) is 6.56. The van der Waals surface area contributed by atoms with Gasteiger partial charge in [0.15, 0.2) is 0 Å². The van der Waals surface area contributed by atoms with E-state index in [2.05, 4.69) is 11.8 Å². The zero-order valence-corrected chi connectivity index (χ0v) is 12.5. The number of carbonyl (C=O) groups excluding carboxylic acids is 2. The Kier molecular flexibility index (Phi) is 4.11. The number of hydrogen-bond acceptors (Lipinski definition) is 3. The highest BCUT2D eigenvalue weighted by atomic mass is 16.2. The molecule has 2 atom stereocenters. The normalized spacial score (nSPS) is 30.9. The van der Waals surface area contributed by atoms with Crippen molar-refractivity contribution in [1.29, 1.82) is 0 Å². The van der Waals surface area contributed by atoms with E-state index in [1.807, 2.05) is 4.90 Å². The fraction of sp³-hybridized carbons (Fsp3) is 0.875. The maximum atomic E-state index is 12.5. The van der Waals surface area contributed by atoms with Gasteiger partial charge in [-0.15, -0.1) is 0 Å². The lowest BCUT2D eigenvalue weighted by molar-refractivity contribution is -0.134. The summed E-state index contributed by atoms with van der Waals surface area (Å²) >= 11 is 0. The average Bonchev–Trinajstić information content (AvgIpc) is 3.00. The molecule has 3 aliphatic rings. The highest BCUT2D eigenvalue weighted by Gasteiger charge is 2.40. The number of likely N-dealkylation sites (tertiary alicyclic amines) is 1. The molecule has 0 spiro atoms. The van der Waals surface area contributed by atoms with Crippen LogP contribution in [0.25, 0.3) is 0 Å². The average molecular weight is 278 g/mol. The highest BCUT2D eigenvalue weighted by Crippen LogP contribution is 2.33. The number of Topliss-reactive ketones (excluding diaryl/α,β-unsaturated/α-hetero) is 1. The minimum atomic E-state index is 0.210. The van der Waals surface area contributed by atoms with E-state index in [0.29, 0.717) is 24.4 Å². The number of hydrogen-bond donors (Lipinski definition) is 0. The smallest absolute Gasteiger partial charge is 0.236 e. The lowest BCUT2D eigenvalue weighted by Crippen LogP contribution is -2.45. The first-order valence-electron chi connectivity index (χ1n) is 8.27. The van der Waals surface area contributed by atoms with Crippen molar-refractivity contribution in [1.82, 2.24) is 9.80 Å². The maximum Gasteiger partial charge on any atom is 0.236 e. The first-order chi connectivity index (χ1) is 9.70. The van der Waals surface area contributed by atoms with Crippen LogP contribution in [0, 0.1) is 5.92 Å². The number of rotatable bonds is 5. The second kappa shape index (κ2) is 5.84. The molecule has 3 rings (SSSR count). The van der Waals surface area contributed by atoms with E-state index < -0.39 is 0 Å². The molecule has 0 bridgehead atoms. The summed E-state index contributed by atoms with van der Waals surface area (Å²) in [6.07, 6.45) is 7.41. The van der Waals surface area contributed by atoms with Crippen LogP contribution in [0.1, 0.15) is 51.9 Å². The summed E-state index contributed by atoms with van der Waals surface area (Å²) in [5, 5.41) is 0. The molecule has 1 saturated heterocycles. The Labute approximate surface area is 121 Å². The van der Waals surface area contributed by atoms with Gasteiger partial charge in [-0.2, -0.15) is 0 Å². The molecule has 3 fully saturated rings. The minimum Gasteiger partial charge on any atom is -0.339 e. The van der Waals surface area contributed by atoms with E-state index in [-0.39, 0.29) is 11.8 Å². The third-order valence-electron chi connectivity index (χ3n) is 5.22. The molecule has 0 aromatic rings. The summed E-state index contributed by atoms with van der Waals surface area (Å²) in [5.74, 6) is 0.914. The van der Waals surface area contributed by atoms with Gasteiger partial charge in [-0.1, -0.05) is 0 Å². The van der Waals surface area contributed by atoms with Crippen LogP contribution in [-0.4, -0.2) is 53.2 Å². The van der Waals surface area contributed by atoms with Crippen LogP contribution >= 0.6 is 0 Å². The third-order valence-corrected chi connectivity index (χ3v) is 5.22. The molecule has 1 amide bonds. The Morgan fingerprint density at radius 1 is 1.25 bits per heavy atom. The van der Waals surface area contributed by atoms with Crippen molar-refractivity contribution in [3.63, 3.8) is 0 Å². The largest absolute Gasteiger partial charge is 0.339 e. The molecule has 4 heteroatoms. The van der Waals surface area contributed by atoms with Crippen molar-refractivity contribution in [2.75, 3.05) is 19.6 Å². The van der Waals surface area contributed by atoms with Gasteiger partial charge in [0.25, 0.3) is 0 Å². The standard InChI is InChI=1S/C16H26N2O2/c1-2-18(12-8-9-12)16(20)11-17-10-4-6-14(17)13-5-3-7-15(13)19/h12-14H,2-11H2,1H3. The molecule has 0 aromatic heterocycles. The Bertz CT molecular complexity index is 392. The molecular weight excluding hydrogens is 252 g/mol. The Hall–Kier alpha value is -0.900. The van der Waals surface area contributed by atoms with Crippen molar-refractivity contribution in [2.45, 2.75) is 64.0 Å². The summed E-state index contributed by atoms with van der Waals surface area (Å²) < 4.78 is 0. The zero-order chi connectivity index (χ0) is 14.1. The Balaban J connectivity index is 1.60. The third kappa shape index (κ3) is 2.76. The van der Waals surface area contributed by atoms with Gasteiger partial charge in [-0.25, -0.2) is 0 Å². The van der Waals surface area contributed by atoms with E-state index in [0.717, 1.165) is 45.2 Å². The molecule has 4 nitrogen and oxygen atoms in total. The van der Waals surface area contributed by atoms with Gasteiger partial charge in [-0.3, -0.25) is 14.5 Å². The molecule has 0 N–H and O–H groups in total. The van der Waals surface area contributed by atoms with E-state index in [4.69, 9.17) is 0 Å². The van der Waals surface area contributed by atoms with Crippen LogP contribution < -0.4 is 0 Å². The SMILES string of the molecule is CCN(C(=O)CN1CCCC1C1CCCC1=O)C1CC1. The van der Waals surface area contributed by atoms with Gasteiger partial charge >= 0.3 is 0 Å². The molecule has 2 saturated carbocycles. The van der Waals surface area contributed by atoms with E-state index in [1.54, 1.807) is 0 Å². The molecule has 2 aliphatic carbocycles. The van der Waals surface area contributed by atoms with E-state index in [1.165, 1.54) is 12.8 Å². The number of amides is 1. The van der Waals surface area contributed by atoms with Crippen LogP contribution in [0.3, 0.4) is 0 Å². The van der Waals surface area contributed by atoms with Crippen LogP contribution in [0.5, 0.6) is 0 Å². The first-order valence-corrected chi connectivity index (χ1v) is 8.27.